The molecule has 8 heavy (non-hydrogen) atoms. The first kappa shape index (κ1) is 5.67. The van der Waals surface area contributed by atoms with E-state index >= 15 is 0 Å². The Bertz CT molecular complexity index is 105. The van der Waals surface area contributed by atoms with Gasteiger partial charge in [-0.1, -0.05) is 13.0 Å². The van der Waals surface area contributed by atoms with E-state index in [-0.39, 0.29) is 0 Å². The summed E-state index contributed by atoms with van der Waals surface area (Å²) in [5.74, 6) is 0. The first-order chi connectivity index (χ1) is 3.84. The summed E-state index contributed by atoms with van der Waals surface area (Å²) in [6, 6.07) is 0. The molecule has 0 radical (unpaired) electrons. The lowest BCUT2D eigenvalue weighted by Gasteiger charge is -2.12. The zero-order chi connectivity index (χ0) is 5.98. The van der Waals surface area contributed by atoms with Crippen LogP contribution < -0.4 is 0 Å². The standard InChI is InChI=1S/C7H13N/c1-3-6-8(2)7-4-5-7/h4H,3,5-6H2,1-2H3. The SMILES string of the molecule is CCCN(C)C1=CC1. The van der Waals surface area contributed by atoms with Gasteiger partial charge in [-0.3, -0.25) is 0 Å². The Balaban J connectivity index is 2.13. The molecule has 0 atom stereocenters. The second-order valence-electron chi connectivity index (χ2n) is 2.32. The smallest absolute Gasteiger partial charge is 0.0169 e. The van der Waals surface area contributed by atoms with Gasteiger partial charge >= 0.3 is 0 Å². The van der Waals surface area contributed by atoms with E-state index in [9.17, 15) is 0 Å². The fourth-order valence-electron chi connectivity index (χ4n) is 0.836. The van der Waals surface area contributed by atoms with Crippen LogP contribution in [0.25, 0.3) is 0 Å². The minimum absolute atomic E-state index is 1.21. The highest BCUT2D eigenvalue weighted by Crippen LogP contribution is 2.20. The highest BCUT2D eigenvalue weighted by molar-refractivity contribution is 5.19. The summed E-state index contributed by atoms with van der Waals surface area (Å²) >= 11 is 0. The average molecular weight is 111 g/mol. The molecule has 0 spiro atoms. The zero-order valence-electron chi connectivity index (χ0n) is 5.65. The van der Waals surface area contributed by atoms with E-state index in [1.807, 2.05) is 0 Å². The van der Waals surface area contributed by atoms with Crippen LogP contribution in [0, 0.1) is 0 Å². The second kappa shape index (κ2) is 2.21. The molecule has 0 N–H and O–H groups in total. The van der Waals surface area contributed by atoms with Gasteiger partial charge in [-0.2, -0.15) is 0 Å². The quantitative estimate of drug-likeness (QED) is 0.535. The molecular weight excluding hydrogens is 98.1 g/mol. The molecule has 0 aromatic heterocycles. The monoisotopic (exact) mass is 111 g/mol. The molecule has 0 saturated carbocycles. The van der Waals surface area contributed by atoms with Gasteiger partial charge in [0.05, 0.1) is 0 Å². The molecule has 0 aromatic carbocycles. The number of hydrogen-bond acceptors (Lipinski definition) is 1. The lowest BCUT2D eigenvalue weighted by atomic mass is 10.4. The molecule has 1 aliphatic carbocycles. The average Bonchev–Trinajstić information content (AvgIpc) is 2.45. The van der Waals surface area contributed by atoms with Crippen molar-refractivity contribution in [2.45, 2.75) is 19.8 Å². The Morgan fingerprint density at radius 1 is 1.75 bits per heavy atom. The third kappa shape index (κ3) is 1.25. The van der Waals surface area contributed by atoms with Gasteiger partial charge in [-0.05, 0) is 6.42 Å². The van der Waals surface area contributed by atoms with Gasteiger partial charge in [-0.25, -0.2) is 0 Å². The van der Waals surface area contributed by atoms with E-state index < -0.39 is 0 Å². The first-order valence-corrected chi connectivity index (χ1v) is 3.24. The Kier molecular flexibility index (Phi) is 1.56. The summed E-state index contributed by atoms with van der Waals surface area (Å²) in [7, 11) is 2.16. The van der Waals surface area contributed by atoms with E-state index in [1.165, 1.54) is 25.1 Å². The van der Waals surface area contributed by atoms with Crippen LogP contribution in [-0.4, -0.2) is 18.5 Å². The predicted molar refractivity (Wildman–Crippen MR) is 35.6 cm³/mol. The summed E-state index contributed by atoms with van der Waals surface area (Å²) in [6.07, 6.45) is 4.75. The van der Waals surface area contributed by atoms with Crippen molar-refractivity contribution in [1.29, 1.82) is 0 Å². The van der Waals surface area contributed by atoms with Crippen LogP contribution in [0.4, 0.5) is 0 Å². The largest absolute Gasteiger partial charge is 0.378 e. The molecule has 46 valence electrons. The molecule has 0 heterocycles. The molecule has 0 fully saturated rings. The van der Waals surface area contributed by atoms with Gasteiger partial charge in [0.25, 0.3) is 0 Å². The topological polar surface area (TPSA) is 3.24 Å². The fraction of sp³-hybridized carbons (Fsp3) is 0.714. The molecule has 0 unspecified atom stereocenters. The van der Waals surface area contributed by atoms with Crippen molar-refractivity contribution in [2.75, 3.05) is 13.6 Å². The van der Waals surface area contributed by atoms with Crippen LogP contribution in [0.5, 0.6) is 0 Å². The lowest BCUT2D eigenvalue weighted by Crippen LogP contribution is -2.12. The molecular formula is C7H13N. The van der Waals surface area contributed by atoms with Gasteiger partial charge in [0, 0.05) is 25.7 Å². The van der Waals surface area contributed by atoms with Gasteiger partial charge in [-0.15, -0.1) is 0 Å². The Hall–Kier alpha value is -0.460. The second-order valence-corrected chi connectivity index (χ2v) is 2.32. The summed E-state index contributed by atoms with van der Waals surface area (Å²) in [5.41, 5.74) is 1.52. The maximum atomic E-state index is 2.32. The number of nitrogens with zero attached hydrogens (tertiary/aromatic N) is 1. The van der Waals surface area contributed by atoms with Crippen LogP contribution in [0.15, 0.2) is 11.8 Å². The Labute approximate surface area is 51.0 Å². The Morgan fingerprint density at radius 3 is 2.75 bits per heavy atom. The van der Waals surface area contributed by atoms with E-state index in [0.717, 1.165) is 0 Å². The van der Waals surface area contributed by atoms with Crippen molar-refractivity contribution in [3.63, 3.8) is 0 Å². The van der Waals surface area contributed by atoms with Gasteiger partial charge < -0.3 is 4.90 Å². The molecule has 1 nitrogen and oxygen atoms in total. The molecule has 1 aliphatic rings. The molecule has 0 aliphatic heterocycles. The normalized spacial score (nSPS) is 15.5. The summed E-state index contributed by atoms with van der Waals surface area (Å²) < 4.78 is 0. The van der Waals surface area contributed by atoms with Crippen molar-refractivity contribution in [3.05, 3.63) is 11.8 Å². The van der Waals surface area contributed by atoms with E-state index in [1.54, 1.807) is 0 Å². The highest BCUT2D eigenvalue weighted by atomic mass is 15.1. The third-order valence-electron chi connectivity index (χ3n) is 1.44. The molecule has 0 saturated heterocycles. The van der Waals surface area contributed by atoms with Crippen molar-refractivity contribution in [1.82, 2.24) is 4.90 Å². The maximum absolute atomic E-state index is 2.32. The van der Waals surface area contributed by atoms with Crippen LogP contribution in [0.1, 0.15) is 19.8 Å². The summed E-state index contributed by atoms with van der Waals surface area (Å²) in [5, 5.41) is 0. The molecule has 0 bridgehead atoms. The van der Waals surface area contributed by atoms with Crippen molar-refractivity contribution < 1.29 is 0 Å². The van der Waals surface area contributed by atoms with E-state index in [0.29, 0.717) is 0 Å². The minimum atomic E-state index is 1.21. The molecule has 1 heteroatoms. The van der Waals surface area contributed by atoms with Gasteiger partial charge in [0.2, 0.25) is 0 Å². The Morgan fingerprint density at radius 2 is 2.38 bits per heavy atom. The van der Waals surface area contributed by atoms with Crippen LogP contribution in [-0.2, 0) is 0 Å². The van der Waals surface area contributed by atoms with E-state index in [2.05, 4.69) is 24.9 Å². The highest BCUT2D eigenvalue weighted by Gasteiger charge is 2.10. The van der Waals surface area contributed by atoms with Gasteiger partial charge in [0.1, 0.15) is 0 Å². The predicted octanol–water partition coefficient (Wildman–Crippen LogP) is 1.62. The van der Waals surface area contributed by atoms with Crippen molar-refractivity contribution >= 4 is 0 Å². The molecule has 0 amide bonds. The summed E-state index contributed by atoms with van der Waals surface area (Å²) in [4.78, 5) is 2.32. The van der Waals surface area contributed by atoms with Gasteiger partial charge in [0.15, 0.2) is 0 Å². The third-order valence-corrected chi connectivity index (χ3v) is 1.44. The van der Waals surface area contributed by atoms with Crippen molar-refractivity contribution in [2.24, 2.45) is 0 Å². The first-order valence-electron chi connectivity index (χ1n) is 3.24. The minimum Gasteiger partial charge on any atom is -0.378 e. The van der Waals surface area contributed by atoms with Crippen LogP contribution in [0.3, 0.4) is 0 Å². The summed E-state index contributed by atoms with van der Waals surface area (Å²) in [6.45, 7) is 3.42. The van der Waals surface area contributed by atoms with Crippen LogP contribution >= 0.6 is 0 Å². The molecule has 1 rings (SSSR count). The van der Waals surface area contributed by atoms with Crippen molar-refractivity contribution in [3.8, 4) is 0 Å². The van der Waals surface area contributed by atoms with E-state index in [4.69, 9.17) is 0 Å². The number of allylic oxidation sites excluding steroid dienone is 2. The zero-order valence-corrected chi connectivity index (χ0v) is 5.65. The molecule has 0 aromatic rings. The van der Waals surface area contributed by atoms with Crippen LogP contribution in [0.2, 0.25) is 0 Å². The lowest BCUT2D eigenvalue weighted by molar-refractivity contribution is 0.431. The number of hydrogen-bond donors (Lipinski definition) is 0. The maximum Gasteiger partial charge on any atom is 0.0169 e. The fourth-order valence-corrected chi connectivity index (χ4v) is 0.836. The number of rotatable bonds is 3.